The number of benzene rings is 2. The Bertz CT molecular complexity index is 688. The van der Waals surface area contributed by atoms with Gasteiger partial charge in [0.05, 0.1) is 19.2 Å². The average molecular weight is 332 g/mol. The normalized spacial score (nSPS) is 11.2. The van der Waals surface area contributed by atoms with Gasteiger partial charge in [-0.25, -0.2) is 0 Å². The molecule has 0 unspecified atom stereocenters. The number of nitrogens with one attached hydrogen (secondary N) is 1. The average Bonchev–Trinajstić information content (AvgIpc) is 2.48. The van der Waals surface area contributed by atoms with Crippen LogP contribution in [0.25, 0.3) is 0 Å². The molecule has 2 aromatic carbocycles. The van der Waals surface area contributed by atoms with E-state index in [1.807, 2.05) is 30.3 Å². The highest BCUT2D eigenvalue weighted by atomic mass is 35.5. The first-order valence-corrected chi connectivity index (χ1v) is 7.90. The van der Waals surface area contributed by atoms with Crippen LogP contribution in [0, 0.1) is 0 Å². The summed E-state index contributed by atoms with van der Waals surface area (Å²) in [5.41, 5.74) is 2.75. The Balaban J connectivity index is 2.17. The minimum atomic E-state index is -0.0864. The van der Waals surface area contributed by atoms with Crippen molar-refractivity contribution in [1.82, 2.24) is 0 Å². The second-order valence-corrected chi connectivity index (χ2v) is 6.95. The van der Waals surface area contributed by atoms with Crippen LogP contribution in [0.15, 0.2) is 42.5 Å². The van der Waals surface area contributed by atoms with Gasteiger partial charge in [-0.1, -0.05) is 50.6 Å². The van der Waals surface area contributed by atoms with Crippen molar-refractivity contribution in [3.63, 3.8) is 0 Å². The zero-order valence-corrected chi connectivity index (χ0v) is 14.7. The fourth-order valence-corrected chi connectivity index (χ4v) is 2.38. The van der Waals surface area contributed by atoms with E-state index in [1.54, 1.807) is 19.2 Å². The highest BCUT2D eigenvalue weighted by molar-refractivity contribution is 6.30. The monoisotopic (exact) mass is 331 g/mol. The second-order valence-electron chi connectivity index (χ2n) is 6.52. The van der Waals surface area contributed by atoms with E-state index in [0.29, 0.717) is 22.9 Å². The summed E-state index contributed by atoms with van der Waals surface area (Å²) < 4.78 is 5.35. The minimum absolute atomic E-state index is 0.00191. The van der Waals surface area contributed by atoms with Crippen LogP contribution in [0.5, 0.6) is 5.75 Å². The summed E-state index contributed by atoms with van der Waals surface area (Å²) >= 11 is 5.86. The van der Waals surface area contributed by atoms with E-state index in [2.05, 4.69) is 26.1 Å². The standard InChI is InChI=1S/C19H22ClNO2/c1-19(2,3)14-7-10-17(23-4)16(12-14)21-18(22)11-13-5-8-15(20)9-6-13/h5-10,12H,11H2,1-4H3,(H,21,22). The lowest BCUT2D eigenvalue weighted by molar-refractivity contribution is -0.115. The number of anilines is 1. The van der Waals surface area contributed by atoms with Crippen molar-refractivity contribution >= 4 is 23.2 Å². The number of carbonyl (C=O) groups excluding carboxylic acids is 1. The SMILES string of the molecule is COc1ccc(C(C)(C)C)cc1NC(=O)Cc1ccc(Cl)cc1. The highest BCUT2D eigenvalue weighted by Gasteiger charge is 2.17. The third-order valence-corrected chi connectivity index (χ3v) is 3.87. The summed E-state index contributed by atoms with van der Waals surface area (Å²) in [4.78, 5) is 12.3. The predicted molar refractivity (Wildman–Crippen MR) is 95.5 cm³/mol. The molecule has 0 bridgehead atoms. The van der Waals surface area contributed by atoms with Gasteiger partial charge in [0.1, 0.15) is 5.75 Å². The molecule has 2 aromatic rings. The lowest BCUT2D eigenvalue weighted by Crippen LogP contribution is -2.17. The molecule has 1 N–H and O–H groups in total. The molecule has 0 fully saturated rings. The van der Waals surface area contributed by atoms with Crippen LogP contribution in [0.1, 0.15) is 31.9 Å². The van der Waals surface area contributed by atoms with E-state index in [4.69, 9.17) is 16.3 Å². The molecule has 0 aliphatic heterocycles. The predicted octanol–water partition coefficient (Wildman–Crippen LogP) is 4.83. The fraction of sp³-hybridized carbons (Fsp3) is 0.316. The van der Waals surface area contributed by atoms with Crippen molar-refractivity contribution in [3.8, 4) is 5.75 Å². The van der Waals surface area contributed by atoms with Crippen molar-refractivity contribution in [2.24, 2.45) is 0 Å². The van der Waals surface area contributed by atoms with Crippen LogP contribution >= 0.6 is 11.6 Å². The Kier molecular flexibility index (Phi) is 5.32. The summed E-state index contributed by atoms with van der Waals surface area (Å²) in [7, 11) is 1.60. The highest BCUT2D eigenvalue weighted by Crippen LogP contribution is 2.31. The topological polar surface area (TPSA) is 38.3 Å². The van der Waals surface area contributed by atoms with Gasteiger partial charge in [-0.3, -0.25) is 4.79 Å². The number of halogens is 1. The molecule has 1 amide bonds. The zero-order chi connectivity index (χ0) is 17.0. The number of hydrogen-bond donors (Lipinski definition) is 1. The molecule has 0 spiro atoms. The number of amides is 1. The summed E-state index contributed by atoms with van der Waals surface area (Å²) in [5, 5.41) is 3.60. The molecule has 0 aliphatic rings. The van der Waals surface area contributed by atoms with Crippen LogP contribution in [0.4, 0.5) is 5.69 Å². The Labute approximate surface area is 142 Å². The first-order valence-electron chi connectivity index (χ1n) is 7.52. The van der Waals surface area contributed by atoms with Gasteiger partial charge in [-0.2, -0.15) is 0 Å². The third-order valence-electron chi connectivity index (χ3n) is 3.62. The first kappa shape index (κ1) is 17.4. The molecule has 4 heteroatoms. The maximum absolute atomic E-state index is 12.3. The van der Waals surface area contributed by atoms with Crippen molar-refractivity contribution in [2.75, 3.05) is 12.4 Å². The first-order chi connectivity index (χ1) is 10.8. The van der Waals surface area contributed by atoms with Gasteiger partial charge < -0.3 is 10.1 Å². The maximum atomic E-state index is 12.3. The number of hydrogen-bond acceptors (Lipinski definition) is 2. The number of carbonyl (C=O) groups is 1. The molecule has 0 saturated heterocycles. The van der Waals surface area contributed by atoms with E-state index in [-0.39, 0.29) is 11.3 Å². The lowest BCUT2D eigenvalue weighted by Gasteiger charge is -2.21. The molecular weight excluding hydrogens is 310 g/mol. The van der Waals surface area contributed by atoms with Crippen LogP contribution < -0.4 is 10.1 Å². The molecule has 0 atom stereocenters. The van der Waals surface area contributed by atoms with Crippen LogP contribution in [0.3, 0.4) is 0 Å². The van der Waals surface area contributed by atoms with E-state index < -0.39 is 0 Å². The lowest BCUT2D eigenvalue weighted by atomic mass is 9.87. The summed E-state index contributed by atoms with van der Waals surface area (Å²) in [6.45, 7) is 6.40. The van der Waals surface area contributed by atoms with Crippen LogP contribution in [0.2, 0.25) is 5.02 Å². The van der Waals surface area contributed by atoms with Gasteiger partial charge in [0.25, 0.3) is 0 Å². The summed E-state index contributed by atoms with van der Waals surface area (Å²) in [6, 6.07) is 13.1. The van der Waals surface area contributed by atoms with Gasteiger partial charge >= 0.3 is 0 Å². The second kappa shape index (κ2) is 7.05. The molecule has 122 valence electrons. The largest absolute Gasteiger partial charge is 0.495 e. The molecule has 0 aliphatic carbocycles. The van der Waals surface area contributed by atoms with E-state index in [0.717, 1.165) is 11.1 Å². The summed E-state index contributed by atoms with van der Waals surface area (Å²) in [5.74, 6) is 0.569. The van der Waals surface area contributed by atoms with Gasteiger partial charge in [0.2, 0.25) is 5.91 Å². The minimum Gasteiger partial charge on any atom is -0.495 e. The number of ether oxygens (including phenoxy) is 1. The molecule has 23 heavy (non-hydrogen) atoms. The molecule has 3 nitrogen and oxygen atoms in total. The van der Waals surface area contributed by atoms with Crippen LogP contribution in [-0.4, -0.2) is 13.0 Å². The van der Waals surface area contributed by atoms with Crippen molar-refractivity contribution < 1.29 is 9.53 Å². The number of rotatable bonds is 4. The Hall–Kier alpha value is -2.00. The molecule has 0 radical (unpaired) electrons. The molecule has 2 rings (SSSR count). The quantitative estimate of drug-likeness (QED) is 0.871. The number of methoxy groups -OCH3 is 1. The maximum Gasteiger partial charge on any atom is 0.228 e. The molecular formula is C19H22ClNO2. The molecule has 0 saturated carbocycles. The molecule has 0 heterocycles. The van der Waals surface area contributed by atoms with Gasteiger partial charge in [-0.15, -0.1) is 0 Å². The third kappa shape index (κ3) is 4.73. The Morgan fingerprint density at radius 2 is 1.78 bits per heavy atom. The van der Waals surface area contributed by atoms with Crippen LogP contribution in [-0.2, 0) is 16.6 Å². The van der Waals surface area contributed by atoms with Gasteiger partial charge in [0.15, 0.2) is 0 Å². The van der Waals surface area contributed by atoms with Crippen molar-refractivity contribution in [1.29, 1.82) is 0 Å². The zero-order valence-electron chi connectivity index (χ0n) is 13.9. The Morgan fingerprint density at radius 3 is 2.35 bits per heavy atom. The smallest absolute Gasteiger partial charge is 0.228 e. The Morgan fingerprint density at radius 1 is 1.13 bits per heavy atom. The summed E-state index contributed by atoms with van der Waals surface area (Å²) in [6.07, 6.45) is 0.292. The van der Waals surface area contributed by atoms with Crippen molar-refractivity contribution in [3.05, 3.63) is 58.6 Å². The van der Waals surface area contributed by atoms with Gasteiger partial charge in [-0.05, 0) is 40.8 Å². The van der Waals surface area contributed by atoms with Crippen molar-refractivity contribution in [2.45, 2.75) is 32.6 Å². The van der Waals surface area contributed by atoms with E-state index in [1.165, 1.54) is 0 Å². The van der Waals surface area contributed by atoms with E-state index >= 15 is 0 Å². The van der Waals surface area contributed by atoms with E-state index in [9.17, 15) is 4.79 Å². The van der Waals surface area contributed by atoms with Gasteiger partial charge in [0, 0.05) is 5.02 Å². The fourth-order valence-electron chi connectivity index (χ4n) is 2.25. The molecule has 0 aromatic heterocycles.